The van der Waals surface area contributed by atoms with Gasteiger partial charge in [0.15, 0.2) is 5.82 Å². The third-order valence-corrected chi connectivity index (χ3v) is 4.22. The van der Waals surface area contributed by atoms with E-state index in [4.69, 9.17) is 4.74 Å². The minimum absolute atomic E-state index is 0.0932. The van der Waals surface area contributed by atoms with E-state index in [0.29, 0.717) is 17.1 Å². The molecule has 3 rings (SSSR count). The SMILES string of the molecule is COc1ccc(-c2ncc(C(=O)NC(C)c3ccccc3)c(C)n2)cc1. The summed E-state index contributed by atoms with van der Waals surface area (Å²) in [4.78, 5) is 21.4. The Labute approximate surface area is 153 Å². The second-order valence-corrected chi connectivity index (χ2v) is 6.03. The van der Waals surface area contributed by atoms with Gasteiger partial charge in [0, 0.05) is 11.8 Å². The van der Waals surface area contributed by atoms with Crippen molar-refractivity contribution in [3.8, 4) is 17.1 Å². The van der Waals surface area contributed by atoms with Crippen molar-refractivity contribution in [2.24, 2.45) is 0 Å². The van der Waals surface area contributed by atoms with E-state index in [1.54, 1.807) is 13.3 Å². The molecule has 132 valence electrons. The summed E-state index contributed by atoms with van der Waals surface area (Å²) in [5, 5.41) is 2.99. The number of hydrogen-bond donors (Lipinski definition) is 1. The van der Waals surface area contributed by atoms with E-state index in [0.717, 1.165) is 16.9 Å². The van der Waals surface area contributed by atoms with Crippen LogP contribution in [0.1, 0.15) is 34.6 Å². The number of amides is 1. The summed E-state index contributed by atoms with van der Waals surface area (Å²) >= 11 is 0. The van der Waals surface area contributed by atoms with Crippen LogP contribution in [0.25, 0.3) is 11.4 Å². The fourth-order valence-corrected chi connectivity index (χ4v) is 2.67. The maximum absolute atomic E-state index is 12.6. The van der Waals surface area contributed by atoms with Crippen molar-refractivity contribution < 1.29 is 9.53 Å². The first-order valence-electron chi connectivity index (χ1n) is 8.42. The van der Waals surface area contributed by atoms with Gasteiger partial charge in [-0.15, -0.1) is 0 Å². The van der Waals surface area contributed by atoms with E-state index in [2.05, 4.69) is 15.3 Å². The maximum atomic E-state index is 12.6. The highest BCUT2D eigenvalue weighted by Gasteiger charge is 2.15. The molecule has 26 heavy (non-hydrogen) atoms. The Bertz CT molecular complexity index is 893. The van der Waals surface area contributed by atoms with Crippen LogP contribution in [0.5, 0.6) is 5.75 Å². The Morgan fingerprint density at radius 2 is 1.77 bits per heavy atom. The third kappa shape index (κ3) is 3.88. The molecule has 3 aromatic rings. The van der Waals surface area contributed by atoms with Crippen LogP contribution < -0.4 is 10.1 Å². The van der Waals surface area contributed by atoms with Gasteiger partial charge in [-0.05, 0) is 43.7 Å². The first-order valence-corrected chi connectivity index (χ1v) is 8.42. The average molecular weight is 347 g/mol. The Kier molecular flexibility index (Phi) is 5.27. The first kappa shape index (κ1) is 17.6. The summed E-state index contributed by atoms with van der Waals surface area (Å²) in [7, 11) is 1.62. The number of benzene rings is 2. The van der Waals surface area contributed by atoms with Gasteiger partial charge in [-0.2, -0.15) is 0 Å². The third-order valence-electron chi connectivity index (χ3n) is 4.22. The second kappa shape index (κ2) is 7.78. The van der Waals surface area contributed by atoms with Gasteiger partial charge in [0.25, 0.3) is 5.91 Å². The van der Waals surface area contributed by atoms with E-state index in [-0.39, 0.29) is 11.9 Å². The molecular weight excluding hydrogens is 326 g/mol. The Balaban J connectivity index is 1.77. The molecule has 0 fully saturated rings. The number of carbonyl (C=O) groups is 1. The van der Waals surface area contributed by atoms with E-state index in [9.17, 15) is 4.79 Å². The number of methoxy groups -OCH3 is 1. The average Bonchev–Trinajstić information content (AvgIpc) is 2.68. The Morgan fingerprint density at radius 1 is 1.08 bits per heavy atom. The molecule has 1 aromatic heterocycles. The minimum atomic E-state index is -0.180. The van der Waals surface area contributed by atoms with Crippen LogP contribution in [0.2, 0.25) is 0 Å². The molecule has 1 amide bonds. The van der Waals surface area contributed by atoms with Crippen molar-refractivity contribution in [2.45, 2.75) is 19.9 Å². The number of ether oxygens (including phenoxy) is 1. The van der Waals surface area contributed by atoms with Crippen LogP contribution >= 0.6 is 0 Å². The van der Waals surface area contributed by atoms with Gasteiger partial charge in [0.2, 0.25) is 0 Å². The zero-order valence-corrected chi connectivity index (χ0v) is 15.1. The lowest BCUT2D eigenvalue weighted by molar-refractivity contribution is 0.0938. The highest BCUT2D eigenvalue weighted by molar-refractivity contribution is 5.95. The summed E-state index contributed by atoms with van der Waals surface area (Å²) in [6.07, 6.45) is 1.58. The molecule has 0 spiro atoms. The standard InChI is InChI=1S/C21H21N3O2/c1-14(16-7-5-4-6-8-16)24-21(25)19-13-22-20(23-15(19)2)17-9-11-18(26-3)12-10-17/h4-14H,1-3H3,(H,24,25). The van der Waals surface area contributed by atoms with Gasteiger partial charge < -0.3 is 10.1 Å². The summed E-state index contributed by atoms with van der Waals surface area (Å²) in [6.45, 7) is 3.77. The Hall–Kier alpha value is -3.21. The van der Waals surface area contributed by atoms with Gasteiger partial charge in [0.05, 0.1) is 24.4 Å². The molecule has 0 aliphatic heterocycles. The van der Waals surface area contributed by atoms with Crippen LogP contribution in [-0.4, -0.2) is 23.0 Å². The van der Waals surface area contributed by atoms with E-state index < -0.39 is 0 Å². The molecule has 0 aliphatic carbocycles. The number of aromatic nitrogens is 2. The fraction of sp³-hybridized carbons (Fsp3) is 0.190. The van der Waals surface area contributed by atoms with Crippen molar-refractivity contribution in [3.63, 3.8) is 0 Å². The quantitative estimate of drug-likeness (QED) is 0.759. The number of nitrogens with one attached hydrogen (secondary N) is 1. The molecule has 5 heteroatoms. The molecule has 1 unspecified atom stereocenters. The molecule has 0 bridgehead atoms. The van der Waals surface area contributed by atoms with Crippen molar-refractivity contribution in [1.29, 1.82) is 0 Å². The normalized spacial score (nSPS) is 11.7. The van der Waals surface area contributed by atoms with Gasteiger partial charge in [-0.1, -0.05) is 30.3 Å². The van der Waals surface area contributed by atoms with Gasteiger partial charge in [-0.25, -0.2) is 9.97 Å². The molecule has 5 nitrogen and oxygen atoms in total. The highest BCUT2D eigenvalue weighted by atomic mass is 16.5. The molecule has 0 saturated heterocycles. The van der Waals surface area contributed by atoms with Crippen LogP contribution in [-0.2, 0) is 0 Å². The van der Waals surface area contributed by atoms with Crippen LogP contribution in [0.15, 0.2) is 60.8 Å². The van der Waals surface area contributed by atoms with Crippen molar-refractivity contribution in [3.05, 3.63) is 77.6 Å². The smallest absolute Gasteiger partial charge is 0.255 e. The van der Waals surface area contributed by atoms with Gasteiger partial charge in [-0.3, -0.25) is 4.79 Å². The molecule has 0 radical (unpaired) electrons. The second-order valence-electron chi connectivity index (χ2n) is 6.03. The molecule has 0 saturated carbocycles. The lowest BCUT2D eigenvalue weighted by Gasteiger charge is -2.15. The molecule has 2 aromatic carbocycles. The number of aryl methyl sites for hydroxylation is 1. The van der Waals surface area contributed by atoms with Crippen molar-refractivity contribution >= 4 is 5.91 Å². The van der Waals surface area contributed by atoms with Gasteiger partial charge in [0.1, 0.15) is 5.75 Å². The van der Waals surface area contributed by atoms with Crippen LogP contribution in [0.4, 0.5) is 0 Å². The summed E-state index contributed by atoms with van der Waals surface area (Å²) in [5.74, 6) is 1.18. The lowest BCUT2D eigenvalue weighted by atomic mass is 10.1. The predicted octanol–water partition coefficient (Wildman–Crippen LogP) is 3.95. The van der Waals surface area contributed by atoms with Crippen LogP contribution in [0, 0.1) is 6.92 Å². The number of hydrogen-bond acceptors (Lipinski definition) is 4. The predicted molar refractivity (Wildman–Crippen MR) is 101 cm³/mol. The summed E-state index contributed by atoms with van der Waals surface area (Å²) in [5.41, 5.74) is 3.04. The zero-order valence-electron chi connectivity index (χ0n) is 15.1. The fourth-order valence-electron chi connectivity index (χ4n) is 2.67. The van der Waals surface area contributed by atoms with E-state index in [1.165, 1.54) is 0 Å². The molecule has 1 N–H and O–H groups in total. The van der Waals surface area contributed by atoms with E-state index >= 15 is 0 Å². The van der Waals surface area contributed by atoms with Crippen molar-refractivity contribution in [1.82, 2.24) is 15.3 Å². The van der Waals surface area contributed by atoms with E-state index in [1.807, 2.05) is 68.4 Å². The summed E-state index contributed by atoms with van der Waals surface area (Å²) in [6, 6.07) is 17.2. The topological polar surface area (TPSA) is 64.1 Å². The largest absolute Gasteiger partial charge is 0.497 e. The van der Waals surface area contributed by atoms with Gasteiger partial charge >= 0.3 is 0 Å². The zero-order chi connectivity index (χ0) is 18.5. The Morgan fingerprint density at radius 3 is 2.38 bits per heavy atom. The molecule has 0 aliphatic rings. The number of carbonyl (C=O) groups excluding carboxylic acids is 1. The van der Waals surface area contributed by atoms with Crippen molar-refractivity contribution in [2.75, 3.05) is 7.11 Å². The monoisotopic (exact) mass is 347 g/mol. The number of rotatable bonds is 5. The molecule has 1 atom stereocenters. The lowest BCUT2D eigenvalue weighted by Crippen LogP contribution is -2.27. The van der Waals surface area contributed by atoms with Crippen LogP contribution in [0.3, 0.4) is 0 Å². The maximum Gasteiger partial charge on any atom is 0.255 e. The summed E-state index contributed by atoms with van der Waals surface area (Å²) < 4.78 is 5.16. The first-order chi connectivity index (χ1) is 12.6. The molecule has 1 heterocycles. The number of nitrogens with zero attached hydrogens (tertiary/aromatic N) is 2. The highest BCUT2D eigenvalue weighted by Crippen LogP contribution is 2.20. The minimum Gasteiger partial charge on any atom is -0.497 e. The molecular formula is C21H21N3O2.